The quantitative estimate of drug-likeness (QED) is 0.632. The van der Waals surface area contributed by atoms with E-state index in [1.165, 1.54) is 5.56 Å². The van der Waals surface area contributed by atoms with Gasteiger partial charge >= 0.3 is 33.9 Å². The van der Waals surface area contributed by atoms with E-state index < -0.39 is 0 Å². The number of aryl methyl sites for hydroxylation is 1. The third kappa shape index (κ3) is 7.34. The van der Waals surface area contributed by atoms with Crippen molar-refractivity contribution in [1.82, 2.24) is 0 Å². The minimum absolute atomic E-state index is 0. The Labute approximate surface area is 135 Å². The molecule has 0 radical (unpaired) electrons. The number of hydrogen-bond donors (Lipinski definition) is 1. The van der Waals surface area contributed by atoms with Crippen molar-refractivity contribution in [1.29, 1.82) is 0 Å². The molecule has 2 rings (SSSR count). The predicted molar refractivity (Wildman–Crippen MR) is 67.2 cm³/mol. The van der Waals surface area contributed by atoms with Crippen molar-refractivity contribution >= 4 is 0 Å². The summed E-state index contributed by atoms with van der Waals surface area (Å²) in [5, 5.41) is 9.99. The summed E-state index contributed by atoms with van der Waals surface area (Å²) >= 11 is 0. The first-order chi connectivity index (χ1) is 9.72. The number of rotatable bonds is 1. The number of fused-ring (bicyclic) bond motifs is 1. The van der Waals surface area contributed by atoms with Gasteiger partial charge in [0.2, 0.25) is 0 Å². The third-order valence-electron chi connectivity index (χ3n) is 3.08. The van der Waals surface area contributed by atoms with Crippen molar-refractivity contribution in [3.63, 3.8) is 0 Å². The van der Waals surface area contributed by atoms with Crippen molar-refractivity contribution in [2.75, 3.05) is 7.11 Å². The number of aliphatic hydroxyl groups excluding tert-OH is 1. The molecule has 112 valence electrons. The van der Waals surface area contributed by atoms with Crippen molar-refractivity contribution in [2.24, 2.45) is 5.92 Å². The van der Waals surface area contributed by atoms with E-state index in [0.29, 0.717) is 5.92 Å². The van der Waals surface area contributed by atoms with Gasteiger partial charge in [-0.05, 0) is 42.0 Å². The first-order valence-corrected chi connectivity index (χ1v) is 5.68. The van der Waals surface area contributed by atoms with Gasteiger partial charge in [-0.3, -0.25) is 0 Å². The van der Waals surface area contributed by atoms with Crippen LogP contribution in [-0.4, -0.2) is 12.2 Å². The Balaban J connectivity index is -0.000000414. The van der Waals surface area contributed by atoms with Gasteiger partial charge in [-0.25, -0.2) is 0 Å². The van der Waals surface area contributed by atoms with Crippen molar-refractivity contribution in [3.8, 4) is 5.75 Å². The number of methoxy groups -OCH3 is 1. The zero-order chi connectivity index (χ0) is 16.1. The monoisotopic (exact) mass is 328 g/mol. The van der Waals surface area contributed by atoms with E-state index in [0.717, 1.165) is 24.2 Å². The van der Waals surface area contributed by atoms with Crippen LogP contribution in [0.1, 0.15) is 30.6 Å². The van der Waals surface area contributed by atoms with E-state index in [9.17, 15) is 5.11 Å². The molecule has 0 saturated carbocycles. The Kier molecular flexibility index (Phi) is 17.8. The Hall–Kier alpha value is -1.27. The zero-order valence-electron chi connectivity index (χ0n) is 11.8. The average molecular weight is 328 g/mol. The van der Waals surface area contributed by atoms with Crippen molar-refractivity contribution in [3.05, 3.63) is 49.3 Å². The Morgan fingerprint density at radius 3 is 2.14 bits per heavy atom. The molecule has 1 N–H and O–H groups in total. The fourth-order valence-corrected chi connectivity index (χ4v) is 2.05. The second kappa shape index (κ2) is 15.1. The molecule has 1 aromatic carbocycles. The largest absolute Gasteiger partial charge is 0 e. The van der Waals surface area contributed by atoms with Crippen LogP contribution in [0.15, 0.2) is 18.2 Å². The van der Waals surface area contributed by atoms with Crippen LogP contribution >= 0.6 is 0 Å². The second-order valence-electron chi connectivity index (χ2n) is 4.03. The van der Waals surface area contributed by atoms with Gasteiger partial charge in [0.15, 0.2) is 0 Å². The van der Waals surface area contributed by atoms with E-state index >= 15 is 0 Å². The average Bonchev–Trinajstić information content (AvgIpc) is 2.56. The number of ether oxygens (including phenoxy) is 1. The number of benzene rings is 1. The van der Waals surface area contributed by atoms with Crippen LogP contribution in [0.25, 0.3) is 0 Å². The summed E-state index contributed by atoms with van der Waals surface area (Å²) in [5.74, 6) is 1.19. The van der Waals surface area contributed by atoms with Crippen molar-refractivity contribution in [2.45, 2.75) is 25.9 Å². The zero-order valence-corrected chi connectivity index (χ0v) is 13.1. The van der Waals surface area contributed by atoms with E-state index in [4.69, 9.17) is 18.7 Å². The summed E-state index contributed by atoms with van der Waals surface area (Å²) in [6, 6.07) is 5.97. The topological polar surface area (TPSA) is 89.2 Å². The van der Waals surface area contributed by atoms with Gasteiger partial charge in [-0.1, -0.05) is 13.0 Å². The van der Waals surface area contributed by atoms with Gasteiger partial charge in [0.25, 0.3) is 0 Å². The van der Waals surface area contributed by atoms with Crippen molar-refractivity contribution < 1.29 is 41.2 Å². The van der Waals surface area contributed by atoms with E-state index in [2.05, 4.69) is 32.9 Å². The molecule has 0 amide bonds. The maximum absolute atomic E-state index is 9.99. The molecule has 1 aliphatic rings. The summed E-state index contributed by atoms with van der Waals surface area (Å²) in [5.41, 5.74) is 2.31. The molecule has 0 aromatic heterocycles. The number of aliphatic hydroxyl groups is 1. The van der Waals surface area contributed by atoms with Crippen LogP contribution in [0.4, 0.5) is 0 Å². The minimum Gasteiger partial charge on any atom is 0 e. The summed E-state index contributed by atoms with van der Waals surface area (Å²) < 4.78 is 27.7. The molecule has 1 aliphatic carbocycles. The smallest absolute Gasteiger partial charge is 0 e. The Bertz CT molecular complexity index is 439. The summed E-state index contributed by atoms with van der Waals surface area (Å²) in [6.45, 7) is 15.6. The molecule has 0 fully saturated rings. The van der Waals surface area contributed by atoms with Gasteiger partial charge in [0, 0.05) is 17.4 Å². The summed E-state index contributed by atoms with van der Waals surface area (Å²) in [4.78, 5) is 0. The standard InChI is InChI=1S/C12H16O2.3CO.Cr/c1-8-3-4-9-5-6-10(14-2)7-11(9)12(8)13;3*1-2;/h5-8,12-13H,3-4H2,1-2H3;;;;/t8-,12+;;;;/m0..../s1. The molecule has 0 spiro atoms. The molecule has 5 nitrogen and oxygen atoms in total. The third-order valence-corrected chi connectivity index (χ3v) is 3.08. The Morgan fingerprint density at radius 2 is 1.67 bits per heavy atom. The molecule has 21 heavy (non-hydrogen) atoms. The normalized spacial score (nSPS) is 17.4. The molecule has 0 unspecified atom stereocenters. The fraction of sp³-hybridized carbons (Fsp3) is 0.400. The molecular formula is C15H16CrO5. The fourth-order valence-electron chi connectivity index (χ4n) is 2.05. The molecule has 0 heterocycles. The van der Waals surface area contributed by atoms with Crippen LogP contribution < -0.4 is 4.74 Å². The van der Waals surface area contributed by atoms with Gasteiger partial charge in [-0.2, -0.15) is 0 Å². The molecular weight excluding hydrogens is 312 g/mol. The molecule has 0 bridgehead atoms. The van der Waals surface area contributed by atoms with Crippen LogP contribution in [0.5, 0.6) is 5.75 Å². The molecule has 0 saturated heterocycles. The molecule has 0 aliphatic heterocycles. The molecule has 1 aromatic rings. The first-order valence-electron chi connectivity index (χ1n) is 5.68. The van der Waals surface area contributed by atoms with Gasteiger partial charge < -0.3 is 9.84 Å². The maximum atomic E-state index is 9.99. The maximum Gasteiger partial charge on any atom is 0 e. The predicted octanol–water partition coefficient (Wildman–Crippen LogP) is 2.20. The van der Waals surface area contributed by atoms with E-state index in [1.54, 1.807) is 7.11 Å². The van der Waals surface area contributed by atoms with Gasteiger partial charge in [0.05, 0.1) is 13.2 Å². The summed E-state index contributed by atoms with van der Waals surface area (Å²) in [6.07, 6.45) is 1.81. The van der Waals surface area contributed by atoms with Gasteiger partial charge in [0.1, 0.15) is 5.75 Å². The van der Waals surface area contributed by atoms with Crippen LogP contribution in [0.3, 0.4) is 0 Å². The summed E-state index contributed by atoms with van der Waals surface area (Å²) in [7, 11) is 1.65. The van der Waals surface area contributed by atoms with E-state index in [1.807, 2.05) is 12.1 Å². The minimum atomic E-state index is -0.325. The van der Waals surface area contributed by atoms with Gasteiger partial charge in [-0.15, -0.1) is 0 Å². The Morgan fingerprint density at radius 1 is 1.14 bits per heavy atom. The molecule has 6 heteroatoms. The van der Waals surface area contributed by atoms with E-state index in [-0.39, 0.29) is 23.5 Å². The molecule has 2 atom stereocenters. The second-order valence-corrected chi connectivity index (χ2v) is 4.03. The van der Waals surface area contributed by atoms with Crippen LogP contribution in [0.2, 0.25) is 0 Å². The van der Waals surface area contributed by atoms with Crippen LogP contribution in [-0.2, 0) is 37.7 Å². The number of hydrogen-bond acceptors (Lipinski definition) is 2. The first kappa shape index (κ1) is 24.7. The SMILES string of the molecule is COc1ccc2c(c1)[C@H](O)[C@@H](C)CC2.[C-]#[O+].[C-]#[O+].[C-]#[O+].[Cr]. The van der Waals surface area contributed by atoms with Crippen LogP contribution in [0, 0.1) is 25.9 Å².